The summed E-state index contributed by atoms with van der Waals surface area (Å²) < 4.78 is 11.6. The Morgan fingerprint density at radius 1 is 1.33 bits per heavy atom. The minimum Gasteiger partial charge on any atom is -0.459 e. The lowest BCUT2D eigenvalue weighted by atomic mass is 10.2. The molecule has 0 radical (unpaired) electrons. The highest BCUT2D eigenvalue weighted by atomic mass is 79.9. The van der Waals surface area contributed by atoms with E-state index in [0.29, 0.717) is 11.5 Å². The van der Waals surface area contributed by atoms with Gasteiger partial charge in [0.25, 0.3) is 5.90 Å². The van der Waals surface area contributed by atoms with Gasteiger partial charge in [-0.2, -0.15) is 0 Å². The first-order valence-electron chi connectivity index (χ1n) is 5.15. The van der Waals surface area contributed by atoms with E-state index in [2.05, 4.69) is 27.6 Å². The van der Waals surface area contributed by atoms with Crippen LogP contribution < -0.4 is 5.84 Å². The second-order valence-electron chi connectivity index (χ2n) is 3.45. The third-order valence-corrected chi connectivity index (χ3v) is 2.71. The predicted molar refractivity (Wildman–Crippen MR) is 73.7 cm³/mol. The maximum Gasteiger partial charge on any atom is 0.279 e. The molecule has 92 valence electrons. The minimum atomic E-state index is 0.185. The molecule has 0 aliphatic heterocycles. The van der Waals surface area contributed by atoms with E-state index in [9.17, 15) is 0 Å². The van der Waals surface area contributed by atoms with Crippen molar-refractivity contribution < 1.29 is 9.15 Å². The van der Waals surface area contributed by atoms with Crippen LogP contribution in [0, 0.1) is 0 Å². The summed E-state index contributed by atoms with van der Waals surface area (Å²) in [7, 11) is 0. The average Bonchev–Trinajstić information content (AvgIpc) is 2.89. The number of hydrogen-bond donors (Lipinski definition) is 1. The molecule has 0 atom stereocenters. The second-order valence-corrected chi connectivity index (χ2v) is 4.36. The molecular formula is C13H11BrN2O2. The number of hydrogen-bond acceptors (Lipinski definition) is 4. The molecule has 0 bridgehead atoms. The molecule has 5 heteroatoms. The van der Waals surface area contributed by atoms with Crippen molar-refractivity contribution in [2.75, 3.05) is 0 Å². The summed E-state index contributed by atoms with van der Waals surface area (Å²) in [6.45, 7) is 3.84. The number of benzene rings is 1. The molecule has 1 heterocycles. The molecule has 0 amide bonds. The lowest BCUT2D eigenvalue weighted by molar-refractivity contribution is 0.469. The van der Waals surface area contributed by atoms with Crippen LogP contribution in [-0.4, -0.2) is 5.90 Å². The maximum absolute atomic E-state index is 5.50. The average molecular weight is 307 g/mol. The van der Waals surface area contributed by atoms with E-state index in [1.165, 1.54) is 6.26 Å². The maximum atomic E-state index is 5.50. The fraction of sp³-hybridized carbons (Fsp3) is 0. The van der Waals surface area contributed by atoms with Gasteiger partial charge in [0.15, 0.2) is 5.76 Å². The Hall–Kier alpha value is -2.01. The second kappa shape index (κ2) is 5.55. The number of furan rings is 1. The molecule has 2 N–H and O–H groups in total. The first-order chi connectivity index (χ1) is 8.70. The zero-order valence-electron chi connectivity index (χ0n) is 9.47. The number of nitrogens with two attached hydrogens (primary N) is 1. The minimum absolute atomic E-state index is 0.185. The van der Waals surface area contributed by atoms with Gasteiger partial charge in [-0.05, 0) is 24.3 Å². The Morgan fingerprint density at radius 2 is 2.17 bits per heavy atom. The Kier molecular flexibility index (Phi) is 3.84. The summed E-state index contributed by atoms with van der Waals surface area (Å²) in [6, 6.07) is 11.0. The molecule has 0 aliphatic carbocycles. The lowest BCUT2D eigenvalue weighted by Gasteiger charge is -2.09. The predicted octanol–water partition coefficient (Wildman–Crippen LogP) is 3.35. The molecule has 1 aromatic heterocycles. The summed E-state index contributed by atoms with van der Waals surface area (Å²) in [5.74, 6) is 6.35. The fourth-order valence-corrected chi connectivity index (χ4v) is 1.78. The van der Waals surface area contributed by atoms with Crippen molar-refractivity contribution in [2.24, 2.45) is 10.9 Å². The summed E-state index contributed by atoms with van der Waals surface area (Å²) in [4.78, 5) is 0. The molecule has 4 nitrogen and oxygen atoms in total. The molecule has 0 fully saturated rings. The van der Waals surface area contributed by atoms with Crippen molar-refractivity contribution in [1.29, 1.82) is 0 Å². The molecule has 0 aliphatic rings. The normalized spacial score (nSPS) is 11.3. The Morgan fingerprint density at radius 3 is 2.78 bits per heavy atom. The van der Waals surface area contributed by atoms with E-state index in [0.717, 1.165) is 10.0 Å². The van der Waals surface area contributed by atoms with E-state index < -0.39 is 0 Å². The molecule has 2 rings (SSSR count). The number of nitrogens with zero attached hydrogens (tertiary/aromatic N) is 1. The van der Waals surface area contributed by atoms with E-state index in [-0.39, 0.29) is 5.90 Å². The van der Waals surface area contributed by atoms with Crippen LogP contribution in [0.15, 0.2) is 63.2 Å². The van der Waals surface area contributed by atoms with Gasteiger partial charge >= 0.3 is 0 Å². The van der Waals surface area contributed by atoms with E-state index >= 15 is 0 Å². The SMILES string of the molecule is C=C(O/C(=N\N)c1ccco1)c1cccc(Br)c1. The van der Waals surface area contributed by atoms with Gasteiger partial charge in [-0.3, -0.25) is 0 Å². The van der Waals surface area contributed by atoms with Gasteiger partial charge in [-0.15, -0.1) is 5.10 Å². The molecule has 0 saturated carbocycles. The van der Waals surface area contributed by atoms with Crippen LogP contribution in [0.2, 0.25) is 0 Å². The largest absolute Gasteiger partial charge is 0.459 e. The first-order valence-corrected chi connectivity index (χ1v) is 5.94. The topological polar surface area (TPSA) is 60.8 Å². The van der Waals surface area contributed by atoms with Gasteiger partial charge in [0.1, 0.15) is 5.76 Å². The van der Waals surface area contributed by atoms with Crippen LogP contribution in [-0.2, 0) is 4.74 Å². The van der Waals surface area contributed by atoms with Crippen molar-refractivity contribution >= 4 is 27.6 Å². The van der Waals surface area contributed by atoms with Crippen molar-refractivity contribution in [3.63, 3.8) is 0 Å². The zero-order valence-corrected chi connectivity index (χ0v) is 11.1. The molecule has 2 aromatic rings. The summed E-state index contributed by atoms with van der Waals surface area (Å²) >= 11 is 3.38. The highest BCUT2D eigenvalue weighted by molar-refractivity contribution is 9.10. The van der Waals surface area contributed by atoms with Crippen molar-refractivity contribution in [1.82, 2.24) is 0 Å². The Balaban J connectivity index is 2.16. The summed E-state index contributed by atoms with van der Waals surface area (Å²) in [5, 5.41) is 3.55. The van der Waals surface area contributed by atoms with E-state index in [1.54, 1.807) is 12.1 Å². The van der Waals surface area contributed by atoms with Crippen molar-refractivity contribution in [3.05, 3.63) is 65.0 Å². The highest BCUT2D eigenvalue weighted by Gasteiger charge is 2.11. The third-order valence-electron chi connectivity index (χ3n) is 2.22. The molecule has 0 saturated heterocycles. The van der Waals surface area contributed by atoms with Crippen LogP contribution >= 0.6 is 15.9 Å². The third kappa shape index (κ3) is 2.81. The van der Waals surface area contributed by atoms with Crippen LogP contribution in [0.5, 0.6) is 0 Å². The Labute approximate surface area is 113 Å². The van der Waals surface area contributed by atoms with Crippen molar-refractivity contribution in [2.45, 2.75) is 0 Å². The van der Waals surface area contributed by atoms with Gasteiger partial charge < -0.3 is 15.0 Å². The van der Waals surface area contributed by atoms with Gasteiger partial charge in [0, 0.05) is 10.0 Å². The number of rotatable bonds is 3. The van der Waals surface area contributed by atoms with Crippen LogP contribution in [0.1, 0.15) is 11.3 Å². The summed E-state index contributed by atoms with van der Waals surface area (Å²) in [5.41, 5.74) is 0.831. The first kappa shape index (κ1) is 12.4. The quantitative estimate of drug-likeness (QED) is 0.311. The molecule has 0 spiro atoms. The molecule has 1 aromatic carbocycles. The van der Waals surface area contributed by atoms with Gasteiger partial charge in [-0.25, -0.2) is 0 Å². The zero-order chi connectivity index (χ0) is 13.0. The van der Waals surface area contributed by atoms with Crippen molar-refractivity contribution in [3.8, 4) is 0 Å². The molecule has 18 heavy (non-hydrogen) atoms. The van der Waals surface area contributed by atoms with Crippen LogP contribution in [0.3, 0.4) is 0 Å². The van der Waals surface area contributed by atoms with Gasteiger partial charge in [0.2, 0.25) is 0 Å². The highest BCUT2D eigenvalue weighted by Crippen LogP contribution is 2.20. The molecule has 0 unspecified atom stereocenters. The van der Waals surface area contributed by atoms with E-state index in [1.807, 2.05) is 24.3 Å². The number of hydrazone groups is 1. The lowest BCUT2D eigenvalue weighted by Crippen LogP contribution is -2.07. The fourth-order valence-electron chi connectivity index (χ4n) is 1.38. The summed E-state index contributed by atoms with van der Waals surface area (Å²) in [6.07, 6.45) is 1.52. The smallest absolute Gasteiger partial charge is 0.279 e. The van der Waals surface area contributed by atoms with Gasteiger partial charge in [0.05, 0.1) is 6.26 Å². The van der Waals surface area contributed by atoms with E-state index in [4.69, 9.17) is 15.0 Å². The monoisotopic (exact) mass is 306 g/mol. The van der Waals surface area contributed by atoms with Gasteiger partial charge in [-0.1, -0.05) is 34.6 Å². The van der Waals surface area contributed by atoms with Crippen LogP contribution in [0.4, 0.5) is 0 Å². The molecular weight excluding hydrogens is 296 g/mol. The number of ether oxygens (including phenoxy) is 1. The van der Waals surface area contributed by atoms with Crippen LogP contribution in [0.25, 0.3) is 5.76 Å². The Bertz CT molecular complexity index is 576. The number of halogens is 1. The standard InChI is InChI=1S/C13H11BrN2O2/c1-9(10-4-2-5-11(14)8-10)18-13(16-15)12-6-3-7-17-12/h2-8H,1,15H2/b16-13-.